The number of aryl methyl sites for hydroxylation is 3. The number of hydrogen-bond acceptors (Lipinski definition) is 3. The number of carbonyl (C=O) groups is 1. The predicted octanol–water partition coefficient (Wildman–Crippen LogP) is 3.86. The van der Waals surface area contributed by atoms with Crippen LogP contribution in [0.15, 0.2) is 36.7 Å². The second-order valence-electron chi connectivity index (χ2n) is 7.50. The maximum absolute atomic E-state index is 13.4. The molecule has 0 N–H and O–H groups in total. The molecule has 5 heteroatoms. The molecule has 5 nitrogen and oxygen atoms in total. The summed E-state index contributed by atoms with van der Waals surface area (Å²) in [4.78, 5) is 24.6. The summed E-state index contributed by atoms with van der Waals surface area (Å²) in [6.07, 6.45) is 6.84. The lowest BCUT2D eigenvalue weighted by Crippen LogP contribution is -2.39. The van der Waals surface area contributed by atoms with Crippen LogP contribution < -0.4 is 0 Å². The fraction of sp³-hybridized carbons (Fsp3) is 0.409. The lowest BCUT2D eigenvalue weighted by molar-refractivity contribution is 0.0705. The van der Waals surface area contributed by atoms with Crippen molar-refractivity contribution in [1.29, 1.82) is 0 Å². The highest BCUT2D eigenvalue weighted by atomic mass is 16.2. The zero-order chi connectivity index (χ0) is 19.0. The quantitative estimate of drug-likeness (QED) is 0.711. The van der Waals surface area contributed by atoms with E-state index < -0.39 is 0 Å². The molecule has 2 aromatic heterocycles. The van der Waals surface area contributed by atoms with Gasteiger partial charge < -0.3 is 9.47 Å². The van der Waals surface area contributed by atoms with Crippen LogP contribution in [-0.4, -0.2) is 38.4 Å². The van der Waals surface area contributed by atoms with Crippen LogP contribution >= 0.6 is 0 Å². The van der Waals surface area contributed by atoms with Gasteiger partial charge in [-0.05, 0) is 49.9 Å². The Morgan fingerprint density at radius 2 is 2.15 bits per heavy atom. The summed E-state index contributed by atoms with van der Waals surface area (Å²) < 4.78 is 2.07. The van der Waals surface area contributed by atoms with Crippen molar-refractivity contribution in [2.24, 2.45) is 7.05 Å². The van der Waals surface area contributed by atoms with Gasteiger partial charge in [0.2, 0.25) is 0 Å². The minimum atomic E-state index is 0.109. The summed E-state index contributed by atoms with van der Waals surface area (Å²) in [5.41, 5.74) is 3.78. The number of aromatic nitrogens is 3. The molecule has 140 valence electrons. The first-order valence-electron chi connectivity index (χ1n) is 9.73. The van der Waals surface area contributed by atoms with E-state index in [1.807, 2.05) is 43.4 Å². The number of nitrogens with zero attached hydrogens (tertiary/aromatic N) is 4. The van der Waals surface area contributed by atoms with Crippen LogP contribution in [-0.2, 0) is 13.5 Å². The number of rotatable bonds is 3. The van der Waals surface area contributed by atoms with Gasteiger partial charge in [0, 0.05) is 49.5 Å². The van der Waals surface area contributed by atoms with Crippen molar-refractivity contribution in [3.63, 3.8) is 0 Å². The zero-order valence-electron chi connectivity index (χ0n) is 16.3. The molecule has 1 saturated heterocycles. The Kier molecular flexibility index (Phi) is 4.68. The van der Waals surface area contributed by atoms with Crippen LogP contribution in [0.3, 0.4) is 0 Å². The van der Waals surface area contributed by atoms with Gasteiger partial charge in [-0.2, -0.15) is 0 Å². The van der Waals surface area contributed by atoms with Crippen molar-refractivity contribution in [3.8, 4) is 0 Å². The van der Waals surface area contributed by atoms with Crippen LogP contribution in [0.5, 0.6) is 0 Å². The van der Waals surface area contributed by atoms with Gasteiger partial charge in [-0.1, -0.05) is 13.0 Å². The third kappa shape index (κ3) is 3.34. The summed E-state index contributed by atoms with van der Waals surface area (Å²) in [6, 6.07) is 8.19. The fourth-order valence-corrected chi connectivity index (χ4v) is 4.12. The molecule has 1 unspecified atom stereocenters. The first-order chi connectivity index (χ1) is 13.1. The van der Waals surface area contributed by atoms with E-state index in [0.717, 1.165) is 60.3 Å². The monoisotopic (exact) mass is 362 g/mol. The topological polar surface area (TPSA) is 51.0 Å². The summed E-state index contributed by atoms with van der Waals surface area (Å²) in [7, 11) is 2.02. The number of imidazole rings is 1. The van der Waals surface area contributed by atoms with Crippen molar-refractivity contribution < 1.29 is 4.79 Å². The second-order valence-corrected chi connectivity index (χ2v) is 7.50. The average Bonchev–Trinajstić information content (AvgIpc) is 3.12. The molecular weight excluding hydrogens is 336 g/mol. The Hall–Kier alpha value is -2.69. The highest BCUT2D eigenvalue weighted by Crippen LogP contribution is 2.28. The maximum Gasteiger partial charge on any atom is 0.254 e. The predicted molar refractivity (Wildman–Crippen MR) is 107 cm³/mol. The Labute approximate surface area is 160 Å². The molecule has 1 aliphatic rings. The van der Waals surface area contributed by atoms with Gasteiger partial charge in [-0.25, -0.2) is 4.98 Å². The Balaban J connectivity index is 1.68. The molecule has 3 heterocycles. The Bertz CT molecular complexity index is 991. The molecule has 1 aliphatic heterocycles. The SMILES string of the molecule is CCc1ccc2nc(C)cc(C(=O)N3CCCC(c4nccn4C)C3)c2c1. The molecule has 0 aliphatic carbocycles. The Morgan fingerprint density at radius 3 is 2.89 bits per heavy atom. The molecule has 0 bridgehead atoms. The van der Waals surface area contributed by atoms with Gasteiger partial charge in [0.15, 0.2) is 0 Å². The lowest BCUT2D eigenvalue weighted by atomic mass is 9.95. The zero-order valence-corrected chi connectivity index (χ0v) is 16.3. The van der Waals surface area contributed by atoms with Crippen LogP contribution in [0.1, 0.15) is 53.1 Å². The van der Waals surface area contributed by atoms with Crippen LogP contribution in [0.4, 0.5) is 0 Å². The molecule has 1 atom stereocenters. The van der Waals surface area contributed by atoms with E-state index in [-0.39, 0.29) is 5.91 Å². The molecular formula is C22H26N4O. The fourth-order valence-electron chi connectivity index (χ4n) is 4.12. The standard InChI is InChI=1S/C22H26N4O/c1-4-16-7-8-20-18(13-16)19(12-15(2)24-20)22(27)26-10-5-6-17(14-26)21-23-9-11-25(21)3/h7-9,11-13,17H,4-6,10,14H2,1-3H3. The van der Waals surface area contributed by atoms with E-state index in [9.17, 15) is 4.79 Å². The normalized spacial score (nSPS) is 17.4. The summed E-state index contributed by atoms with van der Waals surface area (Å²) >= 11 is 0. The highest BCUT2D eigenvalue weighted by Gasteiger charge is 2.28. The Morgan fingerprint density at radius 1 is 1.30 bits per heavy atom. The number of piperidine rings is 1. The lowest BCUT2D eigenvalue weighted by Gasteiger charge is -2.32. The number of benzene rings is 1. The molecule has 4 rings (SSSR count). The summed E-state index contributed by atoms with van der Waals surface area (Å²) in [5, 5.41) is 0.962. The molecule has 0 radical (unpaired) electrons. The highest BCUT2D eigenvalue weighted by molar-refractivity contribution is 6.06. The van der Waals surface area contributed by atoms with E-state index in [4.69, 9.17) is 0 Å². The number of fused-ring (bicyclic) bond motifs is 1. The number of hydrogen-bond donors (Lipinski definition) is 0. The molecule has 27 heavy (non-hydrogen) atoms. The molecule has 1 fully saturated rings. The van der Waals surface area contributed by atoms with Crippen molar-refractivity contribution >= 4 is 16.8 Å². The van der Waals surface area contributed by atoms with Gasteiger partial charge in [0.25, 0.3) is 5.91 Å². The molecule has 1 aromatic carbocycles. The largest absolute Gasteiger partial charge is 0.338 e. The van der Waals surface area contributed by atoms with Crippen molar-refractivity contribution in [3.05, 3.63) is 59.3 Å². The average molecular weight is 362 g/mol. The van der Waals surface area contributed by atoms with Gasteiger partial charge in [-0.15, -0.1) is 0 Å². The van der Waals surface area contributed by atoms with Gasteiger partial charge in [0.1, 0.15) is 5.82 Å². The van der Waals surface area contributed by atoms with E-state index in [1.54, 1.807) is 0 Å². The van der Waals surface area contributed by atoms with Crippen molar-refractivity contribution in [2.45, 2.75) is 39.0 Å². The third-order valence-corrected chi connectivity index (χ3v) is 5.57. The van der Waals surface area contributed by atoms with E-state index >= 15 is 0 Å². The van der Waals surface area contributed by atoms with Crippen molar-refractivity contribution in [1.82, 2.24) is 19.4 Å². The van der Waals surface area contributed by atoms with Gasteiger partial charge in [-0.3, -0.25) is 9.78 Å². The molecule has 0 spiro atoms. The van der Waals surface area contributed by atoms with Gasteiger partial charge in [0.05, 0.1) is 11.1 Å². The smallest absolute Gasteiger partial charge is 0.254 e. The first-order valence-corrected chi connectivity index (χ1v) is 9.73. The summed E-state index contributed by atoms with van der Waals surface area (Å²) in [5.74, 6) is 1.47. The maximum atomic E-state index is 13.4. The van der Waals surface area contributed by atoms with Crippen molar-refractivity contribution in [2.75, 3.05) is 13.1 Å². The summed E-state index contributed by atoms with van der Waals surface area (Å²) in [6.45, 7) is 5.61. The number of amides is 1. The number of pyridine rings is 1. The molecule has 3 aromatic rings. The van der Waals surface area contributed by atoms with E-state index in [2.05, 4.69) is 33.6 Å². The number of likely N-dealkylation sites (tertiary alicyclic amines) is 1. The van der Waals surface area contributed by atoms with Crippen LogP contribution in [0.25, 0.3) is 10.9 Å². The van der Waals surface area contributed by atoms with E-state index in [0.29, 0.717) is 5.92 Å². The first kappa shape index (κ1) is 17.7. The minimum Gasteiger partial charge on any atom is -0.338 e. The number of carbonyl (C=O) groups excluding carboxylic acids is 1. The van der Waals surface area contributed by atoms with Crippen LogP contribution in [0.2, 0.25) is 0 Å². The molecule has 0 saturated carbocycles. The minimum absolute atomic E-state index is 0.109. The van der Waals surface area contributed by atoms with E-state index in [1.165, 1.54) is 5.56 Å². The second kappa shape index (κ2) is 7.14. The van der Waals surface area contributed by atoms with Crippen LogP contribution in [0, 0.1) is 6.92 Å². The van der Waals surface area contributed by atoms with Gasteiger partial charge >= 0.3 is 0 Å². The third-order valence-electron chi connectivity index (χ3n) is 5.57. The molecule has 1 amide bonds.